The van der Waals surface area contributed by atoms with Crippen LogP contribution < -0.4 is 5.32 Å². The molecule has 1 N–H and O–H groups in total. The molecule has 3 heteroatoms. The van der Waals surface area contributed by atoms with Gasteiger partial charge in [0, 0.05) is 18.9 Å². The van der Waals surface area contributed by atoms with Gasteiger partial charge in [-0.1, -0.05) is 33.6 Å². The van der Waals surface area contributed by atoms with E-state index in [1.165, 1.54) is 6.42 Å². The normalized spacial score (nSPS) is 34.1. The van der Waals surface area contributed by atoms with E-state index in [-0.39, 0.29) is 11.9 Å². The van der Waals surface area contributed by atoms with E-state index < -0.39 is 0 Å². The van der Waals surface area contributed by atoms with Gasteiger partial charge in [0.2, 0.25) is 5.91 Å². The molecule has 3 nitrogen and oxygen atoms in total. The molecule has 20 heavy (non-hydrogen) atoms. The van der Waals surface area contributed by atoms with Gasteiger partial charge < -0.3 is 10.1 Å². The van der Waals surface area contributed by atoms with Gasteiger partial charge in [-0.2, -0.15) is 0 Å². The number of hydrogen-bond donors (Lipinski definition) is 1. The van der Waals surface area contributed by atoms with E-state index in [9.17, 15) is 9.59 Å². The summed E-state index contributed by atoms with van der Waals surface area (Å²) in [7, 11) is 0. The van der Waals surface area contributed by atoms with E-state index >= 15 is 0 Å². The summed E-state index contributed by atoms with van der Waals surface area (Å²) >= 11 is 0. The Balaban J connectivity index is 1.90. The fourth-order valence-corrected chi connectivity index (χ4v) is 4.36. The number of fused-ring (bicyclic) bond motifs is 2. The van der Waals surface area contributed by atoms with Gasteiger partial charge in [-0.3, -0.25) is 4.79 Å². The molecule has 0 radical (unpaired) electrons. The summed E-state index contributed by atoms with van der Waals surface area (Å²) in [6, 6.07) is 0.228. The summed E-state index contributed by atoms with van der Waals surface area (Å²) in [6.07, 6.45) is 7.81. The molecule has 2 bridgehead atoms. The van der Waals surface area contributed by atoms with Crippen LogP contribution in [0.25, 0.3) is 0 Å². The average Bonchev–Trinajstić information content (AvgIpc) is 2.40. The summed E-state index contributed by atoms with van der Waals surface area (Å²) in [5.74, 6) is 1.85. The maximum atomic E-state index is 12.0. The summed E-state index contributed by atoms with van der Waals surface area (Å²) < 4.78 is 0. The van der Waals surface area contributed by atoms with Gasteiger partial charge in [0.1, 0.15) is 6.29 Å². The number of hydrogen-bond acceptors (Lipinski definition) is 2. The minimum absolute atomic E-state index is 0.179. The molecule has 3 saturated carbocycles. The third-order valence-electron chi connectivity index (χ3n) is 5.84. The van der Waals surface area contributed by atoms with Crippen molar-refractivity contribution in [3.05, 3.63) is 0 Å². The summed E-state index contributed by atoms with van der Waals surface area (Å²) in [5, 5.41) is 3.21. The Morgan fingerprint density at radius 1 is 1.30 bits per heavy atom. The molecule has 0 spiro atoms. The van der Waals surface area contributed by atoms with Gasteiger partial charge in [-0.15, -0.1) is 0 Å². The van der Waals surface area contributed by atoms with Crippen LogP contribution in [-0.4, -0.2) is 18.2 Å². The quantitative estimate of drug-likeness (QED) is 0.574. The Labute approximate surface area is 122 Å². The number of carbonyl (C=O) groups is 2. The number of rotatable bonds is 7. The second-order valence-electron chi connectivity index (χ2n) is 7.29. The lowest BCUT2D eigenvalue weighted by atomic mass is 9.44. The Morgan fingerprint density at radius 2 is 2.05 bits per heavy atom. The van der Waals surface area contributed by atoms with Crippen LogP contribution >= 0.6 is 0 Å². The second kappa shape index (κ2) is 6.28. The maximum absolute atomic E-state index is 12.0. The van der Waals surface area contributed by atoms with Crippen molar-refractivity contribution in [2.75, 3.05) is 0 Å². The lowest BCUT2D eigenvalue weighted by Crippen LogP contribution is -2.61. The fourth-order valence-electron chi connectivity index (χ4n) is 4.36. The first-order chi connectivity index (χ1) is 9.50. The zero-order chi connectivity index (χ0) is 14.8. The first-order valence-corrected chi connectivity index (χ1v) is 8.23. The van der Waals surface area contributed by atoms with E-state index in [0.717, 1.165) is 37.9 Å². The average molecular weight is 279 g/mol. The molecule has 3 aliphatic carbocycles. The van der Waals surface area contributed by atoms with Crippen molar-refractivity contribution in [2.45, 2.75) is 71.8 Å². The highest BCUT2D eigenvalue weighted by atomic mass is 16.1. The molecule has 0 aliphatic heterocycles. The number of carbonyl (C=O) groups excluding carboxylic acids is 2. The molecule has 3 fully saturated rings. The van der Waals surface area contributed by atoms with Gasteiger partial charge in [0.15, 0.2) is 0 Å². The van der Waals surface area contributed by atoms with E-state index in [0.29, 0.717) is 30.1 Å². The van der Waals surface area contributed by atoms with Crippen LogP contribution in [-0.2, 0) is 9.59 Å². The highest BCUT2D eigenvalue weighted by Crippen LogP contribution is 2.61. The lowest BCUT2D eigenvalue weighted by molar-refractivity contribution is -0.140. The Bertz CT molecular complexity index is 364. The van der Waals surface area contributed by atoms with Gasteiger partial charge in [-0.25, -0.2) is 0 Å². The number of amides is 1. The Kier molecular flexibility index (Phi) is 4.87. The minimum Gasteiger partial charge on any atom is -0.353 e. The lowest BCUT2D eigenvalue weighted by Gasteiger charge is -2.62. The van der Waals surface area contributed by atoms with Crippen molar-refractivity contribution in [3.8, 4) is 0 Å². The van der Waals surface area contributed by atoms with Crippen LogP contribution in [0.2, 0.25) is 0 Å². The van der Waals surface area contributed by atoms with Crippen LogP contribution in [0.5, 0.6) is 0 Å². The van der Waals surface area contributed by atoms with Crippen LogP contribution in [0.15, 0.2) is 0 Å². The summed E-state index contributed by atoms with van der Waals surface area (Å²) in [4.78, 5) is 23.0. The van der Waals surface area contributed by atoms with Crippen LogP contribution in [0.1, 0.15) is 65.7 Å². The van der Waals surface area contributed by atoms with Gasteiger partial charge >= 0.3 is 0 Å². The van der Waals surface area contributed by atoms with Crippen LogP contribution in [0.4, 0.5) is 0 Å². The van der Waals surface area contributed by atoms with Crippen molar-refractivity contribution >= 4 is 12.2 Å². The molecule has 3 rings (SSSR count). The molecule has 0 heterocycles. The van der Waals surface area contributed by atoms with Crippen LogP contribution in [0, 0.1) is 23.2 Å². The van der Waals surface area contributed by atoms with Crippen molar-refractivity contribution in [2.24, 2.45) is 23.2 Å². The monoisotopic (exact) mass is 279 g/mol. The second-order valence-corrected chi connectivity index (χ2v) is 7.29. The number of aldehydes is 1. The maximum Gasteiger partial charge on any atom is 0.220 e. The van der Waals surface area contributed by atoms with Crippen molar-refractivity contribution in [1.82, 2.24) is 5.32 Å². The first kappa shape index (κ1) is 15.5. The standard InChI is InChI=1S/C17H29NO2/c1-4-5-6-7-16(20)18-15-11-12-10-14(17(12,2)3)13(15)8-9-19/h9,12-15H,4-8,10-11H2,1-3H3,(H,18,20)/t12-,13+,14+,15+/m1/s1. The Morgan fingerprint density at radius 3 is 2.65 bits per heavy atom. The summed E-state index contributed by atoms with van der Waals surface area (Å²) in [6.45, 7) is 6.79. The van der Waals surface area contributed by atoms with Gasteiger partial charge in [-0.05, 0) is 42.4 Å². The largest absolute Gasteiger partial charge is 0.353 e. The molecular formula is C17H29NO2. The molecule has 114 valence electrons. The smallest absolute Gasteiger partial charge is 0.220 e. The molecule has 1 amide bonds. The summed E-state index contributed by atoms with van der Waals surface area (Å²) in [5.41, 5.74) is 0.358. The van der Waals surface area contributed by atoms with Crippen molar-refractivity contribution in [3.63, 3.8) is 0 Å². The molecule has 0 aromatic carbocycles. The van der Waals surface area contributed by atoms with Crippen molar-refractivity contribution < 1.29 is 9.59 Å². The molecule has 3 aliphatic rings. The predicted octanol–water partition coefficient (Wildman–Crippen LogP) is 3.32. The highest BCUT2D eigenvalue weighted by molar-refractivity contribution is 5.76. The third kappa shape index (κ3) is 2.91. The molecule has 0 unspecified atom stereocenters. The molecule has 0 aromatic heterocycles. The molecule has 0 saturated heterocycles. The third-order valence-corrected chi connectivity index (χ3v) is 5.84. The molecular weight excluding hydrogens is 250 g/mol. The number of unbranched alkanes of at least 4 members (excludes halogenated alkanes) is 2. The predicted molar refractivity (Wildman–Crippen MR) is 80.2 cm³/mol. The van der Waals surface area contributed by atoms with Gasteiger partial charge in [0.05, 0.1) is 0 Å². The van der Waals surface area contributed by atoms with Crippen molar-refractivity contribution in [1.29, 1.82) is 0 Å². The van der Waals surface area contributed by atoms with E-state index in [2.05, 4.69) is 26.1 Å². The zero-order valence-corrected chi connectivity index (χ0v) is 13.2. The van der Waals surface area contributed by atoms with Gasteiger partial charge in [0.25, 0.3) is 0 Å². The molecule has 4 atom stereocenters. The topological polar surface area (TPSA) is 46.2 Å². The first-order valence-electron chi connectivity index (χ1n) is 8.23. The minimum atomic E-state index is 0.179. The molecule has 0 aromatic rings. The van der Waals surface area contributed by atoms with E-state index in [1.807, 2.05) is 0 Å². The van der Waals surface area contributed by atoms with E-state index in [1.54, 1.807) is 0 Å². The fraction of sp³-hybridized carbons (Fsp3) is 0.882. The SMILES string of the molecule is CCCCCC(=O)N[C@H]1C[C@H]2C[C@@H]([C@@H]1CC=O)C2(C)C. The van der Waals surface area contributed by atoms with E-state index in [4.69, 9.17) is 0 Å². The Hall–Kier alpha value is -0.860. The van der Waals surface area contributed by atoms with Crippen LogP contribution in [0.3, 0.4) is 0 Å². The zero-order valence-electron chi connectivity index (χ0n) is 13.2. The highest BCUT2D eigenvalue weighted by Gasteiger charge is 2.57. The number of nitrogens with one attached hydrogen (secondary N) is 1.